The second kappa shape index (κ2) is 15.2. The molecule has 0 saturated heterocycles. The topological polar surface area (TPSA) is 96.0 Å². The molecule has 1 atom stereocenters. The van der Waals surface area contributed by atoms with E-state index in [1.165, 1.54) is 4.90 Å². The van der Waals surface area contributed by atoms with Crippen molar-refractivity contribution >= 4 is 27.5 Å². The molecule has 0 saturated carbocycles. The van der Waals surface area contributed by atoms with Crippen LogP contribution >= 0.6 is 0 Å². The lowest BCUT2D eigenvalue weighted by atomic mass is 10.0. The molecule has 0 aliphatic heterocycles. The summed E-state index contributed by atoms with van der Waals surface area (Å²) in [6, 6.07) is 32.1. The van der Waals surface area contributed by atoms with Gasteiger partial charge in [0, 0.05) is 19.5 Å². The third-order valence-corrected chi connectivity index (χ3v) is 8.35. The van der Waals surface area contributed by atoms with E-state index in [1.807, 2.05) is 98.8 Å². The van der Waals surface area contributed by atoms with Crippen molar-refractivity contribution in [3.63, 3.8) is 0 Å². The number of carbonyl (C=O) groups excluding carboxylic acids is 2. The van der Waals surface area contributed by atoms with Gasteiger partial charge in [-0.15, -0.1) is 0 Å². The number of anilines is 1. The minimum absolute atomic E-state index is 0.143. The summed E-state index contributed by atoms with van der Waals surface area (Å²) in [5.41, 5.74) is 3.04. The number of carbonyl (C=O) groups is 2. The first-order valence-electron chi connectivity index (χ1n) is 14.6. The van der Waals surface area contributed by atoms with Crippen LogP contribution in [0.4, 0.5) is 5.69 Å². The molecule has 1 N–H and O–H groups in total. The number of hydrogen-bond donors (Lipinski definition) is 1. The minimum Gasteiger partial charge on any atom is -0.457 e. The lowest BCUT2D eigenvalue weighted by Crippen LogP contribution is -2.53. The molecular formula is C35H39N3O5S. The molecule has 0 aliphatic rings. The summed E-state index contributed by atoms with van der Waals surface area (Å²) in [7, 11) is -3.87. The largest absolute Gasteiger partial charge is 0.457 e. The number of benzene rings is 4. The zero-order valence-electron chi connectivity index (χ0n) is 25.3. The second-order valence-corrected chi connectivity index (χ2v) is 12.5. The smallest absolute Gasteiger partial charge is 0.244 e. The molecule has 0 aromatic heterocycles. The van der Waals surface area contributed by atoms with Crippen LogP contribution < -0.4 is 14.4 Å². The number of sulfonamides is 1. The number of para-hydroxylation sites is 1. The van der Waals surface area contributed by atoms with E-state index in [2.05, 4.69) is 5.32 Å². The van der Waals surface area contributed by atoms with E-state index in [9.17, 15) is 18.0 Å². The molecule has 4 aromatic carbocycles. The molecule has 44 heavy (non-hydrogen) atoms. The van der Waals surface area contributed by atoms with Crippen molar-refractivity contribution in [1.82, 2.24) is 10.2 Å². The molecule has 9 heteroatoms. The van der Waals surface area contributed by atoms with Gasteiger partial charge in [0.15, 0.2) is 0 Å². The first kappa shape index (κ1) is 32.3. The fraction of sp³-hybridized carbons (Fsp3) is 0.257. The zero-order valence-corrected chi connectivity index (χ0v) is 26.2. The average Bonchev–Trinajstić information content (AvgIpc) is 3.02. The lowest BCUT2D eigenvalue weighted by Gasteiger charge is -2.34. The molecule has 0 fully saturated rings. The van der Waals surface area contributed by atoms with Crippen LogP contribution in [0.1, 0.15) is 30.0 Å². The summed E-state index contributed by atoms with van der Waals surface area (Å²) in [5, 5.41) is 2.95. The number of hydrogen-bond acceptors (Lipinski definition) is 5. The van der Waals surface area contributed by atoms with E-state index in [1.54, 1.807) is 24.3 Å². The summed E-state index contributed by atoms with van der Waals surface area (Å²) < 4.78 is 33.0. The Morgan fingerprint density at radius 3 is 2.02 bits per heavy atom. The van der Waals surface area contributed by atoms with Crippen LogP contribution in [0.5, 0.6) is 11.5 Å². The summed E-state index contributed by atoms with van der Waals surface area (Å²) >= 11 is 0. The van der Waals surface area contributed by atoms with Gasteiger partial charge >= 0.3 is 0 Å². The highest BCUT2D eigenvalue weighted by molar-refractivity contribution is 7.92. The molecule has 4 rings (SSSR count). The molecule has 8 nitrogen and oxygen atoms in total. The summed E-state index contributed by atoms with van der Waals surface area (Å²) in [6.45, 7) is 4.04. The van der Waals surface area contributed by atoms with Crippen molar-refractivity contribution in [2.45, 2.75) is 39.3 Å². The standard InChI is InChI=1S/C35H39N3O5S/c1-4-23-36-35(40)33(24-28-14-7-5-8-15-28)37(25-29-16-12-11-13-27(29)2)34(39)26-38(44(3,41)42)30-19-21-32(22-20-30)43-31-17-9-6-10-18-31/h5-22,33H,4,23-26H2,1-3H3,(H,36,40)/t33-/m0/s1. The van der Waals surface area contributed by atoms with Crippen molar-refractivity contribution in [3.8, 4) is 11.5 Å². The first-order chi connectivity index (χ1) is 21.2. The number of aryl methyl sites for hydroxylation is 1. The van der Waals surface area contributed by atoms with Gasteiger partial charge in [0.2, 0.25) is 21.8 Å². The van der Waals surface area contributed by atoms with Crippen molar-refractivity contribution in [1.29, 1.82) is 0 Å². The van der Waals surface area contributed by atoms with Gasteiger partial charge in [0.1, 0.15) is 24.1 Å². The van der Waals surface area contributed by atoms with Crippen LogP contribution in [0.2, 0.25) is 0 Å². The van der Waals surface area contributed by atoms with E-state index in [-0.39, 0.29) is 18.9 Å². The molecule has 0 unspecified atom stereocenters. The Balaban J connectivity index is 1.67. The highest BCUT2D eigenvalue weighted by atomic mass is 32.2. The molecule has 4 aromatic rings. The number of amides is 2. The van der Waals surface area contributed by atoms with Crippen molar-refractivity contribution in [3.05, 3.63) is 126 Å². The molecule has 230 valence electrons. The molecule has 0 bridgehead atoms. The van der Waals surface area contributed by atoms with Crippen LogP contribution in [0, 0.1) is 6.92 Å². The summed E-state index contributed by atoms with van der Waals surface area (Å²) in [5.74, 6) is 0.395. The van der Waals surface area contributed by atoms with Gasteiger partial charge in [0.05, 0.1) is 11.9 Å². The Morgan fingerprint density at radius 1 is 0.818 bits per heavy atom. The predicted molar refractivity (Wildman–Crippen MR) is 174 cm³/mol. The highest BCUT2D eigenvalue weighted by Gasteiger charge is 2.33. The number of nitrogens with zero attached hydrogens (tertiary/aromatic N) is 2. The Kier molecular flexibility index (Phi) is 11.2. The van der Waals surface area contributed by atoms with Gasteiger partial charge in [0.25, 0.3) is 0 Å². The second-order valence-electron chi connectivity index (χ2n) is 10.6. The SMILES string of the molecule is CCCNC(=O)[C@H](Cc1ccccc1)N(Cc1ccccc1C)C(=O)CN(c1ccc(Oc2ccccc2)cc1)S(C)(=O)=O. The van der Waals surface area contributed by atoms with E-state index in [4.69, 9.17) is 4.74 Å². The van der Waals surface area contributed by atoms with Crippen molar-refractivity contribution in [2.75, 3.05) is 23.7 Å². The van der Waals surface area contributed by atoms with Crippen LogP contribution in [0.3, 0.4) is 0 Å². The van der Waals surface area contributed by atoms with Gasteiger partial charge in [-0.3, -0.25) is 13.9 Å². The summed E-state index contributed by atoms with van der Waals surface area (Å²) in [4.78, 5) is 29.3. The number of ether oxygens (including phenoxy) is 1. The zero-order chi connectivity index (χ0) is 31.5. The van der Waals surface area contributed by atoms with Gasteiger partial charge in [-0.2, -0.15) is 0 Å². The van der Waals surface area contributed by atoms with E-state index >= 15 is 0 Å². The molecule has 0 aliphatic carbocycles. The van der Waals surface area contributed by atoms with Gasteiger partial charge < -0.3 is 15.0 Å². The maximum Gasteiger partial charge on any atom is 0.244 e. The van der Waals surface area contributed by atoms with Gasteiger partial charge in [-0.05, 0) is 66.4 Å². The highest BCUT2D eigenvalue weighted by Crippen LogP contribution is 2.26. The van der Waals surface area contributed by atoms with Crippen LogP contribution in [-0.4, -0.2) is 50.5 Å². The third kappa shape index (κ3) is 8.94. The van der Waals surface area contributed by atoms with Crippen LogP contribution in [-0.2, 0) is 32.6 Å². The third-order valence-electron chi connectivity index (χ3n) is 7.21. The number of nitrogens with one attached hydrogen (secondary N) is 1. The average molecular weight is 614 g/mol. The molecule has 2 amide bonds. The normalized spacial score (nSPS) is 11.8. The molecule has 0 heterocycles. The summed E-state index contributed by atoms with van der Waals surface area (Å²) in [6.07, 6.45) is 2.08. The van der Waals surface area contributed by atoms with Gasteiger partial charge in [-0.25, -0.2) is 8.42 Å². The predicted octanol–water partition coefficient (Wildman–Crippen LogP) is 5.72. The Labute approximate surface area is 260 Å². The maximum atomic E-state index is 14.2. The maximum absolute atomic E-state index is 14.2. The first-order valence-corrected chi connectivity index (χ1v) is 16.5. The van der Waals surface area contributed by atoms with E-state index < -0.39 is 28.5 Å². The minimum atomic E-state index is -3.87. The number of rotatable bonds is 14. The monoisotopic (exact) mass is 613 g/mol. The van der Waals surface area contributed by atoms with E-state index in [0.29, 0.717) is 23.7 Å². The van der Waals surface area contributed by atoms with Gasteiger partial charge in [-0.1, -0.05) is 79.7 Å². The molecule has 0 spiro atoms. The Hall–Kier alpha value is -4.63. The fourth-order valence-corrected chi connectivity index (χ4v) is 5.66. The Morgan fingerprint density at radius 2 is 1.41 bits per heavy atom. The van der Waals surface area contributed by atoms with E-state index in [0.717, 1.165) is 33.7 Å². The molecule has 0 radical (unpaired) electrons. The Bertz CT molecular complexity index is 1630. The quantitative estimate of drug-likeness (QED) is 0.196. The molecular weight excluding hydrogens is 574 g/mol. The van der Waals surface area contributed by atoms with Crippen LogP contribution in [0.25, 0.3) is 0 Å². The lowest BCUT2D eigenvalue weighted by molar-refractivity contribution is -0.140. The van der Waals surface area contributed by atoms with Crippen molar-refractivity contribution in [2.24, 2.45) is 0 Å². The van der Waals surface area contributed by atoms with Crippen molar-refractivity contribution < 1.29 is 22.7 Å². The fourth-order valence-electron chi connectivity index (χ4n) is 4.81. The van der Waals surface area contributed by atoms with Crippen LogP contribution in [0.15, 0.2) is 109 Å².